The Morgan fingerprint density at radius 1 is 0.979 bits per heavy atom. The first kappa shape index (κ1) is 32.6. The summed E-state index contributed by atoms with van der Waals surface area (Å²) in [5, 5.41) is 18.8. The molecule has 47 heavy (non-hydrogen) atoms. The number of carbonyl (C=O) groups excluding carboxylic acids is 3. The fourth-order valence-electron chi connectivity index (χ4n) is 5.42. The zero-order valence-corrected chi connectivity index (χ0v) is 24.7. The van der Waals surface area contributed by atoms with E-state index in [0.29, 0.717) is 34.8 Å². The predicted molar refractivity (Wildman–Crippen MR) is 161 cm³/mol. The maximum absolute atomic E-state index is 14.3. The Balaban J connectivity index is 1.68. The molecule has 10 nitrogen and oxygen atoms in total. The van der Waals surface area contributed by atoms with Crippen LogP contribution in [0, 0.1) is 5.82 Å². The molecule has 0 saturated heterocycles. The molecule has 14 heteroatoms. The number of hydrogen-bond acceptors (Lipinski definition) is 5. The van der Waals surface area contributed by atoms with Gasteiger partial charge in [-0.1, -0.05) is 36.4 Å². The van der Waals surface area contributed by atoms with Crippen molar-refractivity contribution < 1.29 is 41.8 Å². The van der Waals surface area contributed by atoms with E-state index in [9.17, 15) is 36.7 Å². The topological polar surface area (TPSA) is 134 Å². The van der Waals surface area contributed by atoms with Gasteiger partial charge in [-0.25, -0.2) is 13.9 Å². The van der Waals surface area contributed by atoms with Gasteiger partial charge in [-0.05, 0) is 55.0 Å². The van der Waals surface area contributed by atoms with Crippen molar-refractivity contribution in [3.8, 4) is 5.69 Å². The minimum atomic E-state index is -4.72. The smallest absolute Gasteiger partial charge is 0.416 e. The van der Waals surface area contributed by atoms with Gasteiger partial charge in [-0.2, -0.15) is 18.3 Å². The number of amides is 3. The third-order valence-corrected chi connectivity index (χ3v) is 7.50. The van der Waals surface area contributed by atoms with E-state index in [-0.39, 0.29) is 24.3 Å². The van der Waals surface area contributed by atoms with Crippen LogP contribution in [0.3, 0.4) is 0 Å². The molecule has 3 N–H and O–H groups in total. The zero-order valence-electron chi connectivity index (χ0n) is 24.7. The van der Waals surface area contributed by atoms with Gasteiger partial charge in [0.2, 0.25) is 5.91 Å². The van der Waals surface area contributed by atoms with Gasteiger partial charge in [0.05, 0.1) is 23.5 Å². The number of aliphatic carboxylic acids is 1. The summed E-state index contributed by atoms with van der Waals surface area (Å²) in [7, 11) is 0. The van der Waals surface area contributed by atoms with E-state index in [1.807, 2.05) is 0 Å². The van der Waals surface area contributed by atoms with Crippen molar-refractivity contribution in [3.05, 3.63) is 125 Å². The van der Waals surface area contributed by atoms with Gasteiger partial charge in [0, 0.05) is 35.7 Å². The largest absolute Gasteiger partial charge is 0.478 e. The summed E-state index contributed by atoms with van der Waals surface area (Å²) < 4.78 is 55.9. The van der Waals surface area contributed by atoms with Crippen molar-refractivity contribution in [1.29, 1.82) is 0 Å². The van der Waals surface area contributed by atoms with Crippen molar-refractivity contribution in [2.75, 3.05) is 11.4 Å². The highest BCUT2D eigenvalue weighted by Gasteiger charge is 2.46. The molecule has 4 aromatic rings. The highest BCUT2D eigenvalue weighted by atomic mass is 19.4. The number of carbonyl (C=O) groups is 4. The van der Waals surface area contributed by atoms with Gasteiger partial charge >= 0.3 is 12.1 Å². The van der Waals surface area contributed by atoms with Crippen LogP contribution in [0.2, 0.25) is 0 Å². The number of para-hydroxylation sites is 1. The van der Waals surface area contributed by atoms with Crippen molar-refractivity contribution >= 4 is 29.5 Å². The minimum absolute atomic E-state index is 0.0869. The summed E-state index contributed by atoms with van der Waals surface area (Å²) in [6.07, 6.45) is -3.24. The average molecular weight is 650 g/mol. The van der Waals surface area contributed by atoms with Gasteiger partial charge in [0.1, 0.15) is 17.7 Å². The summed E-state index contributed by atoms with van der Waals surface area (Å²) in [4.78, 5) is 52.5. The highest BCUT2D eigenvalue weighted by Crippen LogP contribution is 2.43. The van der Waals surface area contributed by atoms with E-state index < -0.39 is 53.2 Å². The van der Waals surface area contributed by atoms with Crippen LogP contribution in [0.25, 0.3) is 5.69 Å². The number of carboxylic acids is 1. The number of hydrogen-bond donors (Lipinski definition) is 3. The summed E-state index contributed by atoms with van der Waals surface area (Å²) in [6, 6.07) is 16.3. The maximum Gasteiger partial charge on any atom is 0.416 e. The first-order valence-corrected chi connectivity index (χ1v) is 14.3. The number of benzene rings is 3. The number of alkyl halides is 3. The second-order valence-electron chi connectivity index (χ2n) is 10.5. The average Bonchev–Trinajstić information content (AvgIpc) is 3.42. The molecular formula is C33H27F4N5O5. The van der Waals surface area contributed by atoms with Crippen LogP contribution >= 0.6 is 0 Å². The normalized spacial score (nSPS) is 16.2. The molecule has 2 heterocycles. The van der Waals surface area contributed by atoms with Crippen molar-refractivity contribution in [2.45, 2.75) is 31.6 Å². The van der Waals surface area contributed by atoms with Gasteiger partial charge < -0.3 is 15.7 Å². The van der Waals surface area contributed by atoms with Crippen LogP contribution in [-0.4, -0.2) is 51.2 Å². The molecule has 2 atom stereocenters. The number of carboxylic acid groups (broad SMARTS) is 1. The molecule has 1 aromatic heterocycles. The Bertz CT molecular complexity index is 1860. The Kier molecular flexibility index (Phi) is 9.22. The lowest BCUT2D eigenvalue weighted by Crippen LogP contribution is -2.55. The third kappa shape index (κ3) is 6.90. The summed E-state index contributed by atoms with van der Waals surface area (Å²) in [5.74, 6) is -4.96. The molecule has 0 spiro atoms. The Hall–Kier alpha value is -5.79. The van der Waals surface area contributed by atoms with Gasteiger partial charge in [0.25, 0.3) is 11.8 Å². The number of likely N-dealkylation sites (N-methyl/N-ethyl adjacent to an activating group) is 1. The van der Waals surface area contributed by atoms with E-state index >= 15 is 0 Å². The summed E-state index contributed by atoms with van der Waals surface area (Å²) in [6.45, 7) is 1.53. The van der Waals surface area contributed by atoms with E-state index in [1.54, 1.807) is 37.3 Å². The van der Waals surface area contributed by atoms with Crippen LogP contribution in [0.4, 0.5) is 23.4 Å². The molecule has 0 radical (unpaired) electrons. The Labute approximate surface area is 265 Å². The number of nitrogens with zero attached hydrogens (tertiary/aromatic N) is 3. The Morgan fingerprint density at radius 2 is 1.68 bits per heavy atom. The fourth-order valence-corrected chi connectivity index (χ4v) is 5.42. The van der Waals surface area contributed by atoms with Crippen LogP contribution in [0.15, 0.2) is 91.0 Å². The molecule has 5 rings (SSSR count). The monoisotopic (exact) mass is 649 g/mol. The first-order chi connectivity index (χ1) is 22.4. The molecule has 1 aliphatic rings. The molecule has 242 valence electrons. The van der Waals surface area contributed by atoms with Crippen LogP contribution in [0.1, 0.15) is 45.6 Å². The lowest BCUT2D eigenvalue weighted by Gasteiger charge is -2.38. The number of halogens is 4. The van der Waals surface area contributed by atoms with Crippen molar-refractivity contribution in [2.24, 2.45) is 0 Å². The van der Waals surface area contributed by atoms with Gasteiger partial charge in [-0.3, -0.25) is 19.3 Å². The maximum atomic E-state index is 14.3. The number of fused-ring (bicyclic) bond motifs is 1. The van der Waals surface area contributed by atoms with Crippen LogP contribution in [0.5, 0.6) is 0 Å². The number of anilines is 1. The van der Waals surface area contributed by atoms with Gasteiger partial charge in [0.15, 0.2) is 0 Å². The SMILES string of the molecule is CCN1C(=O)[C@@H](NC(=O)c2cccc(C(F)(F)F)c2)[C@@H](c2ccc(F)cc2)c2c(CNC(=O)/C=C/C(=O)O)nn(-c3ccccc3)c21. The summed E-state index contributed by atoms with van der Waals surface area (Å²) in [5.41, 5.74) is 0.141. The van der Waals surface area contributed by atoms with Gasteiger partial charge in [-0.15, -0.1) is 0 Å². The molecule has 3 amide bonds. The molecule has 0 fully saturated rings. The molecule has 0 aliphatic carbocycles. The van der Waals surface area contributed by atoms with E-state index in [4.69, 9.17) is 10.2 Å². The highest BCUT2D eigenvalue weighted by molar-refractivity contribution is 6.05. The second-order valence-corrected chi connectivity index (χ2v) is 10.5. The lowest BCUT2D eigenvalue weighted by atomic mass is 9.80. The predicted octanol–water partition coefficient (Wildman–Crippen LogP) is 4.58. The molecule has 1 aliphatic heterocycles. The zero-order chi connectivity index (χ0) is 33.9. The lowest BCUT2D eigenvalue weighted by molar-refractivity contribution is -0.137. The molecule has 0 unspecified atom stereocenters. The number of nitrogens with one attached hydrogen (secondary N) is 2. The molecular weight excluding hydrogens is 622 g/mol. The third-order valence-electron chi connectivity index (χ3n) is 7.50. The second kappa shape index (κ2) is 13.3. The van der Waals surface area contributed by atoms with E-state index in [2.05, 4.69) is 10.6 Å². The molecule has 0 bridgehead atoms. The minimum Gasteiger partial charge on any atom is -0.478 e. The standard InChI is InChI=1S/C33H27F4N5O5/c1-2-41-31-28(24(18-38-25(43)15-16-26(44)45)40-42(31)23-9-4-3-5-10-23)27(19-11-13-22(34)14-12-19)29(32(41)47)39-30(46)20-7-6-8-21(17-20)33(35,36)37/h3-17,27,29H,2,18H2,1H3,(H,38,43)(H,39,46)(H,44,45)/b16-15+/t27-,29-/m0/s1. The van der Waals surface area contributed by atoms with Crippen molar-refractivity contribution in [3.63, 3.8) is 0 Å². The summed E-state index contributed by atoms with van der Waals surface area (Å²) >= 11 is 0. The Morgan fingerprint density at radius 3 is 2.32 bits per heavy atom. The fraction of sp³-hybridized carbons (Fsp3) is 0.182. The quantitative estimate of drug-likeness (QED) is 0.180. The number of rotatable bonds is 9. The molecule has 0 saturated carbocycles. The van der Waals surface area contributed by atoms with E-state index in [0.717, 1.165) is 30.3 Å². The van der Waals surface area contributed by atoms with E-state index in [1.165, 1.54) is 27.8 Å². The van der Waals surface area contributed by atoms with Crippen LogP contribution in [-0.2, 0) is 27.1 Å². The molecule has 3 aromatic carbocycles. The van der Waals surface area contributed by atoms with Crippen LogP contribution < -0.4 is 15.5 Å². The van der Waals surface area contributed by atoms with Crippen molar-refractivity contribution in [1.82, 2.24) is 20.4 Å². The number of aromatic nitrogens is 2. The first-order valence-electron chi connectivity index (χ1n) is 14.3.